The van der Waals surface area contributed by atoms with Crippen molar-refractivity contribution in [1.82, 2.24) is 0 Å². The first-order valence-corrected chi connectivity index (χ1v) is 16.6. The Morgan fingerprint density at radius 2 is 1.50 bits per heavy atom. The van der Waals surface area contributed by atoms with Gasteiger partial charge >= 0.3 is 0 Å². The standard InChI is InChI=1S/C33H58O9/c1-16(2)21(34)8-7-17(3)20-14-23(36)26-18-13-22(35)27-29(39)25(42-31-30(40-6)28(38)24(37)15-41-31)10-12-32(27,4)19(18)9-11-33(20,26)5/h16-31,34-39H,7-15H2,1-6H3/t17-,18?,19?,20-,21+,22?,23-,24-,25+,26-,27?,28+,29+,30-,31+,32-,33-/m1/s1. The zero-order valence-corrected chi connectivity index (χ0v) is 26.5. The van der Waals surface area contributed by atoms with Gasteiger partial charge in [0, 0.05) is 13.0 Å². The molecule has 1 heterocycles. The molecule has 0 aromatic heterocycles. The third kappa shape index (κ3) is 5.51. The van der Waals surface area contributed by atoms with Crippen LogP contribution in [0.5, 0.6) is 0 Å². The second kappa shape index (κ2) is 12.4. The van der Waals surface area contributed by atoms with Gasteiger partial charge in [0.1, 0.15) is 18.3 Å². The average Bonchev–Trinajstić information content (AvgIpc) is 3.21. The maximum Gasteiger partial charge on any atom is 0.186 e. The lowest BCUT2D eigenvalue weighted by Crippen LogP contribution is -2.64. The van der Waals surface area contributed by atoms with E-state index in [1.807, 2.05) is 0 Å². The molecule has 0 radical (unpaired) electrons. The van der Waals surface area contributed by atoms with Crippen LogP contribution in [-0.4, -0.2) is 99.5 Å². The lowest BCUT2D eigenvalue weighted by Gasteiger charge is -2.63. The number of rotatable bonds is 8. The molecule has 4 aliphatic carbocycles. The van der Waals surface area contributed by atoms with E-state index < -0.39 is 49.0 Å². The first-order chi connectivity index (χ1) is 19.7. The van der Waals surface area contributed by atoms with E-state index in [-0.39, 0.29) is 47.2 Å². The molecule has 17 atom stereocenters. The third-order valence-electron chi connectivity index (χ3n) is 13.1. The number of ether oxygens (including phenoxy) is 3. The van der Waals surface area contributed by atoms with Crippen molar-refractivity contribution in [2.24, 2.45) is 52.3 Å². The Kier molecular flexibility index (Phi) is 9.78. The number of fused-ring (bicyclic) bond motifs is 5. The lowest BCUT2D eigenvalue weighted by molar-refractivity contribution is -0.310. The molecule has 244 valence electrons. The predicted octanol–water partition coefficient (Wildman–Crippen LogP) is 2.47. The van der Waals surface area contributed by atoms with Crippen molar-refractivity contribution in [3.05, 3.63) is 0 Å². The topological polar surface area (TPSA) is 149 Å². The molecular weight excluding hydrogens is 540 g/mol. The van der Waals surface area contributed by atoms with Crippen molar-refractivity contribution in [3.63, 3.8) is 0 Å². The van der Waals surface area contributed by atoms with Crippen LogP contribution in [-0.2, 0) is 14.2 Å². The van der Waals surface area contributed by atoms with Gasteiger partial charge in [-0.1, -0.05) is 34.6 Å². The normalized spacial score (nSPS) is 52.4. The highest BCUT2D eigenvalue weighted by Crippen LogP contribution is 2.68. The first-order valence-electron chi connectivity index (χ1n) is 16.6. The van der Waals surface area contributed by atoms with E-state index >= 15 is 0 Å². The Labute approximate surface area is 251 Å². The fraction of sp³-hybridized carbons (Fsp3) is 1.00. The molecular formula is C33H58O9. The molecule has 4 saturated carbocycles. The quantitative estimate of drug-likeness (QED) is 0.232. The molecule has 0 aromatic carbocycles. The number of hydrogen-bond acceptors (Lipinski definition) is 9. The maximum absolute atomic E-state index is 11.7. The van der Waals surface area contributed by atoms with Crippen LogP contribution in [0.2, 0.25) is 0 Å². The summed E-state index contributed by atoms with van der Waals surface area (Å²) in [7, 11) is 1.43. The molecule has 9 nitrogen and oxygen atoms in total. The molecule has 5 fully saturated rings. The van der Waals surface area contributed by atoms with Crippen LogP contribution in [0.1, 0.15) is 86.0 Å². The first kappa shape index (κ1) is 33.0. The predicted molar refractivity (Wildman–Crippen MR) is 156 cm³/mol. The molecule has 42 heavy (non-hydrogen) atoms. The SMILES string of the molecule is CO[C@H]1[C@H](O[C@H]2CC[C@]3(C)C4CC[C@]5(C)[C@@H]([C@H](C)CC[C@H](O)C(C)C)C[C@@H](O)[C@H]5C4CC(O)C3[C@H]2O)OC[C@@H](O)[C@@H]1O. The van der Waals surface area contributed by atoms with Crippen LogP contribution in [0.3, 0.4) is 0 Å². The van der Waals surface area contributed by atoms with E-state index in [4.69, 9.17) is 14.2 Å². The van der Waals surface area contributed by atoms with Crippen molar-refractivity contribution >= 4 is 0 Å². The highest BCUT2D eigenvalue weighted by Gasteiger charge is 2.66. The summed E-state index contributed by atoms with van der Waals surface area (Å²) in [5.41, 5.74) is -0.305. The molecule has 1 aliphatic heterocycles. The Morgan fingerprint density at radius 1 is 0.833 bits per heavy atom. The third-order valence-corrected chi connectivity index (χ3v) is 13.1. The van der Waals surface area contributed by atoms with Gasteiger partial charge in [-0.2, -0.15) is 0 Å². The van der Waals surface area contributed by atoms with Crippen LogP contribution < -0.4 is 0 Å². The minimum atomic E-state index is -1.15. The highest BCUT2D eigenvalue weighted by atomic mass is 16.7. The minimum Gasteiger partial charge on any atom is -0.393 e. The number of aliphatic hydroxyl groups is 6. The van der Waals surface area contributed by atoms with Crippen LogP contribution in [0, 0.1) is 52.3 Å². The van der Waals surface area contributed by atoms with Crippen molar-refractivity contribution < 1.29 is 44.8 Å². The molecule has 0 bridgehead atoms. The van der Waals surface area contributed by atoms with Gasteiger partial charge in [-0.15, -0.1) is 0 Å². The summed E-state index contributed by atoms with van der Waals surface area (Å²) >= 11 is 0. The summed E-state index contributed by atoms with van der Waals surface area (Å²) in [4.78, 5) is 0. The van der Waals surface area contributed by atoms with E-state index in [0.29, 0.717) is 30.6 Å². The number of methoxy groups -OCH3 is 1. The van der Waals surface area contributed by atoms with Crippen LogP contribution in [0.15, 0.2) is 0 Å². The summed E-state index contributed by atoms with van der Waals surface area (Å²) in [6, 6.07) is 0. The monoisotopic (exact) mass is 598 g/mol. The molecule has 0 aromatic rings. The van der Waals surface area contributed by atoms with Gasteiger partial charge in [-0.05, 0) is 97.7 Å². The van der Waals surface area contributed by atoms with E-state index in [0.717, 1.165) is 38.5 Å². The van der Waals surface area contributed by atoms with Crippen molar-refractivity contribution in [1.29, 1.82) is 0 Å². The Balaban J connectivity index is 1.30. The molecule has 5 rings (SSSR count). The van der Waals surface area contributed by atoms with Crippen LogP contribution in [0.25, 0.3) is 0 Å². The molecule has 0 spiro atoms. The van der Waals surface area contributed by atoms with Crippen molar-refractivity contribution in [3.8, 4) is 0 Å². The van der Waals surface area contributed by atoms with Gasteiger partial charge in [0.15, 0.2) is 6.29 Å². The van der Waals surface area contributed by atoms with Gasteiger partial charge in [0.25, 0.3) is 0 Å². The van der Waals surface area contributed by atoms with E-state index in [1.165, 1.54) is 7.11 Å². The van der Waals surface area contributed by atoms with Gasteiger partial charge < -0.3 is 44.8 Å². The van der Waals surface area contributed by atoms with Gasteiger partial charge in [0.2, 0.25) is 0 Å². The molecule has 0 amide bonds. The smallest absolute Gasteiger partial charge is 0.186 e. The zero-order chi connectivity index (χ0) is 30.7. The van der Waals surface area contributed by atoms with E-state index in [2.05, 4.69) is 34.6 Å². The molecule has 9 heteroatoms. The molecule has 4 unspecified atom stereocenters. The second-order valence-electron chi connectivity index (χ2n) is 15.6. The molecule has 6 N–H and O–H groups in total. The molecule has 5 aliphatic rings. The Hall–Kier alpha value is -0.360. The van der Waals surface area contributed by atoms with Gasteiger partial charge in [-0.25, -0.2) is 0 Å². The van der Waals surface area contributed by atoms with E-state index in [9.17, 15) is 30.6 Å². The summed E-state index contributed by atoms with van der Waals surface area (Å²) < 4.78 is 17.2. The zero-order valence-electron chi connectivity index (χ0n) is 26.5. The maximum atomic E-state index is 11.7. The van der Waals surface area contributed by atoms with Crippen molar-refractivity contribution in [2.45, 2.75) is 141 Å². The molecule has 1 saturated heterocycles. The summed E-state index contributed by atoms with van der Waals surface area (Å²) in [6.07, 6.45) is -0.450. The van der Waals surface area contributed by atoms with Crippen LogP contribution in [0.4, 0.5) is 0 Å². The summed E-state index contributed by atoms with van der Waals surface area (Å²) in [5, 5.41) is 65.7. The van der Waals surface area contributed by atoms with Crippen molar-refractivity contribution in [2.75, 3.05) is 13.7 Å². The lowest BCUT2D eigenvalue weighted by atomic mass is 9.43. The average molecular weight is 599 g/mol. The fourth-order valence-corrected chi connectivity index (χ4v) is 10.8. The summed E-state index contributed by atoms with van der Waals surface area (Å²) in [6.45, 7) is 10.9. The minimum absolute atomic E-state index is 0.0104. The van der Waals surface area contributed by atoms with Gasteiger partial charge in [-0.3, -0.25) is 0 Å². The largest absolute Gasteiger partial charge is 0.393 e. The summed E-state index contributed by atoms with van der Waals surface area (Å²) in [5.74, 6) is 1.26. The fourth-order valence-electron chi connectivity index (χ4n) is 10.8. The Morgan fingerprint density at radius 3 is 2.17 bits per heavy atom. The van der Waals surface area contributed by atoms with Crippen LogP contribution >= 0.6 is 0 Å². The van der Waals surface area contributed by atoms with E-state index in [1.54, 1.807) is 0 Å². The Bertz CT molecular complexity index is 918. The second-order valence-corrected chi connectivity index (χ2v) is 15.6. The number of hydrogen-bond donors (Lipinski definition) is 6. The highest BCUT2D eigenvalue weighted by molar-refractivity contribution is 5.15. The van der Waals surface area contributed by atoms with Gasteiger partial charge in [0.05, 0.1) is 37.1 Å². The number of aliphatic hydroxyl groups excluding tert-OH is 6.